The number of nitrogens with zero attached hydrogens (tertiary/aromatic N) is 2. The van der Waals surface area contributed by atoms with Crippen molar-refractivity contribution in [1.29, 1.82) is 0 Å². The number of amides is 4. The Bertz CT molecular complexity index is 1010. The molecule has 1 aromatic carbocycles. The van der Waals surface area contributed by atoms with Crippen molar-refractivity contribution in [3.05, 3.63) is 23.8 Å². The monoisotopic (exact) mass is 560 g/mol. The number of carbonyl (C=O) groups excluding carboxylic acids is 4. The fraction of sp³-hybridized carbons (Fsp3) is 0.655. The molecule has 0 aromatic heterocycles. The first-order chi connectivity index (χ1) is 19.3. The Balaban J connectivity index is 1.68. The Morgan fingerprint density at radius 3 is 2.48 bits per heavy atom. The number of hydrogen-bond acceptors (Lipinski definition) is 7. The molecule has 2 N–H and O–H groups in total. The lowest BCUT2D eigenvalue weighted by molar-refractivity contribution is -0.139. The molecule has 3 rings (SSSR count). The minimum Gasteiger partial charge on any atom is -0.493 e. The summed E-state index contributed by atoms with van der Waals surface area (Å²) in [5, 5.41) is 5.66. The van der Waals surface area contributed by atoms with E-state index in [2.05, 4.69) is 10.6 Å². The van der Waals surface area contributed by atoms with Crippen molar-refractivity contribution in [3.8, 4) is 11.5 Å². The van der Waals surface area contributed by atoms with Crippen LogP contribution in [0.15, 0.2) is 18.2 Å². The summed E-state index contributed by atoms with van der Waals surface area (Å²) in [5.74, 6) is 0.286. The van der Waals surface area contributed by atoms with Crippen molar-refractivity contribution in [1.82, 2.24) is 20.4 Å². The smallest absolute Gasteiger partial charge is 0.258 e. The molecule has 2 bridgehead atoms. The minimum absolute atomic E-state index is 0.0334. The summed E-state index contributed by atoms with van der Waals surface area (Å²) in [6, 6.07) is 4.64. The zero-order valence-corrected chi connectivity index (χ0v) is 24.0. The van der Waals surface area contributed by atoms with Gasteiger partial charge in [-0.15, -0.1) is 0 Å². The van der Waals surface area contributed by atoms with Crippen molar-refractivity contribution >= 4 is 23.6 Å². The molecule has 11 nitrogen and oxygen atoms in total. The zero-order chi connectivity index (χ0) is 28.9. The number of likely N-dealkylation sites (N-methyl/N-ethyl adjacent to an activating group) is 1. The lowest BCUT2D eigenvalue weighted by atomic mass is 9.98. The number of rotatable bonds is 2. The van der Waals surface area contributed by atoms with E-state index < -0.39 is 11.9 Å². The van der Waals surface area contributed by atoms with Crippen LogP contribution in [0, 0.1) is 5.92 Å². The van der Waals surface area contributed by atoms with Crippen molar-refractivity contribution in [2.45, 2.75) is 57.9 Å². The summed E-state index contributed by atoms with van der Waals surface area (Å²) in [5.41, 5.74) is 0.868. The van der Waals surface area contributed by atoms with Crippen molar-refractivity contribution in [2.24, 2.45) is 5.92 Å². The van der Waals surface area contributed by atoms with E-state index in [0.29, 0.717) is 70.2 Å². The first kappa shape index (κ1) is 31.2. The van der Waals surface area contributed by atoms with E-state index in [9.17, 15) is 19.2 Å². The van der Waals surface area contributed by atoms with Crippen LogP contribution in [-0.2, 0) is 30.3 Å². The van der Waals surface area contributed by atoms with E-state index in [0.717, 1.165) is 31.2 Å². The lowest BCUT2D eigenvalue weighted by Gasteiger charge is -2.30. The molecule has 222 valence electrons. The molecule has 2 heterocycles. The number of benzene rings is 1. The van der Waals surface area contributed by atoms with Crippen LogP contribution in [0.2, 0.25) is 0 Å². The molecule has 1 saturated heterocycles. The van der Waals surface area contributed by atoms with E-state index in [1.54, 1.807) is 31.0 Å². The molecule has 2 aliphatic rings. The zero-order valence-electron chi connectivity index (χ0n) is 24.0. The highest BCUT2D eigenvalue weighted by molar-refractivity contribution is 5.87. The number of hydrogen-bond donors (Lipinski definition) is 2. The van der Waals surface area contributed by atoms with Crippen LogP contribution in [-0.4, -0.2) is 99.6 Å². The fourth-order valence-electron chi connectivity index (χ4n) is 4.95. The van der Waals surface area contributed by atoms with Crippen LogP contribution < -0.4 is 20.1 Å². The minimum atomic E-state index is -0.711. The molecule has 40 heavy (non-hydrogen) atoms. The molecular formula is C29H44N4O7. The normalized spacial score (nSPS) is 21.8. The second-order valence-corrected chi connectivity index (χ2v) is 10.4. The van der Waals surface area contributed by atoms with Gasteiger partial charge in [-0.3, -0.25) is 19.2 Å². The highest BCUT2D eigenvalue weighted by Gasteiger charge is 2.26. The Kier molecular flexibility index (Phi) is 12.5. The van der Waals surface area contributed by atoms with E-state index in [1.165, 1.54) is 7.11 Å². The Labute approximate surface area is 236 Å². The lowest BCUT2D eigenvalue weighted by Crippen LogP contribution is -2.47. The highest BCUT2D eigenvalue weighted by Crippen LogP contribution is 2.28. The number of fused-ring (bicyclic) bond motifs is 2. The molecule has 4 amide bonds. The first-order valence-electron chi connectivity index (χ1n) is 14.3. The van der Waals surface area contributed by atoms with Crippen LogP contribution in [0.1, 0.15) is 51.0 Å². The van der Waals surface area contributed by atoms with E-state index in [1.807, 2.05) is 11.0 Å². The van der Waals surface area contributed by atoms with Crippen LogP contribution >= 0.6 is 0 Å². The molecular weight excluding hydrogens is 516 g/mol. The molecule has 0 aliphatic carbocycles. The van der Waals surface area contributed by atoms with Crippen LogP contribution in [0.5, 0.6) is 11.5 Å². The maximum Gasteiger partial charge on any atom is 0.258 e. The summed E-state index contributed by atoms with van der Waals surface area (Å²) in [4.78, 5) is 54.6. The Morgan fingerprint density at radius 1 is 1.00 bits per heavy atom. The quantitative estimate of drug-likeness (QED) is 0.562. The second kappa shape index (κ2) is 16.1. The maximum absolute atomic E-state index is 13.3. The van der Waals surface area contributed by atoms with Crippen molar-refractivity contribution < 1.29 is 33.4 Å². The van der Waals surface area contributed by atoms with Crippen molar-refractivity contribution in [3.63, 3.8) is 0 Å². The largest absolute Gasteiger partial charge is 0.493 e. The van der Waals surface area contributed by atoms with E-state index in [-0.39, 0.29) is 30.2 Å². The molecule has 1 atom stereocenters. The van der Waals surface area contributed by atoms with Gasteiger partial charge in [0.05, 0.1) is 7.11 Å². The van der Waals surface area contributed by atoms with Gasteiger partial charge in [0.25, 0.3) is 5.91 Å². The van der Waals surface area contributed by atoms with Crippen LogP contribution in [0.25, 0.3) is 0 Å². The van der Waals surface area contributed by atoms with E-state index >= 15 is 0 Å². The highest BCUT2D eigenvalue weighted by atomic mass is 16.5. The summed E-state index contributed by atoms with van der Waals surface area (Å²) in [6.07, 6.45) is 4.37. The molecule has 0 unspecified atom stereocenters. The Morgan fingerprint density at radius 2 is 1.73 bits per heavy atom. The molecule has 2 aliphatic heterocycles. The van der Waals surface area contributed by atoms with Gasteiger partial charge in [0, 0.05) is 58.8 Å². The Hall–Kier alpha value is -3.34. The van der Waals surface area contributed by atoms with E-state index in [4.69, 9.17) is 14.2 Å². The number of nitrogens with one attached hydrogen (secondary N) is 2. The van der Waals surface area contributed by atoms with Gasteiger partial charge < -0.3 is 34.6 Å². The van der Waals surface area contributed by atoms with Gasteiger partial charge in [0.1, 0.15) is 6.04 Å². The van der Waals surface area contributed by atoms with Gasteiger partial charge in [-0.05, 0) is 63.1 Å². The number of methoxy groups -OCH3 is 1. The number of carbonyl (C=O) groups is 4. The standard InChI is InChI=1S/C29H44N4O7/c1-21-28(36)32(2)14-4-5-15-33(29(37)23-11-17-39-18-12-23)16-6-13-30-26(34)10-8-22-7-9-24(38-3)25(19-22)40-20-27(35)31-21/h7,9,19,21,23H,4-6,8,10-18,20H2,1-3H3,(H,30,34)(H,31,35)/t21-/m0/s1. The van der Waals surface area contributed by atoms with Crippen LogP contribution in [0.3, 0.4) is 0 Å². The van der Waals surface area contributed by atoms with Gasteiger partial charge >= 0.3 is 0 Å². The third kappa shape index (κ3) is 9.69. The SMILES string of the molecule is COc1ccc2cc1OCC(=O)N[C@@H](C)C(=O)N(C)CCCCN(C(=O)C1CCOCC1)CCCNC(=O)CC2. The van der Waals surface area contributed by atoms with Gasteiger partial charge in [-0.1, -0.05) is 6.07 Å². The topological polar surface area (TPSA) is 127 Å². The molecule has 1 fully saturated rings. The third-order valence-corrected chi connectivity index (χ3v) is 7.33. The third-order valence-electron chi connectivity index (χ3n) is 7.33. The fourth-order valence-corrected chi connectivity index (χ4v) is 4.95. The molecule has 0 spiro atoms. The predicted molar refractivity (Wildman–Crippen MR) is 149 cm³/mol. The van der Waals surface area contributed by atoms with Crippen LogP contribution in [0.4, 0.5) is 0 Å². The number of aryl methyl sites for hydroxylation is 1. The molecule has 0 saturated carbocycles. The van der Waals surface area contributed by atoms with Gasteiger partial charge in [0.2, 0.25) is 17.7 Å². The number of ether oxygens (including phenoxy) is 3. The van der Waals surface area contributed by atoms with Crippen molar-refractivity contribution in [2.75, 3.05) is 60.2 Å². The summed E-state index contributed by atoms with van der Waals surface area (Å²) < 4.78 is 16.5. The summed E-state index contributed by atoms with van der Waals surface area (Å²) in [6.45, 7) is 4.72. The van der Waals surface area contributed by atoms with Gasteiger partial charge in [-0.25, -0.2) is 0 Å². The summed E-state index contributed by atoms with van der Waals surface area (Å²) in [7, 11) is 3.23. The molecule has 0 radical (unpaired) electrons. The second-order valence-electron chi connectivity index (χ2n) is 10.4. The maximum atomic E-state index is 13.3. The predicted octanol–water partition coefficient (Wildman–Crippen LogP) is 1.53. The molecule has 1 aromatic rings. The van der Waals surface area contributed by atoms with Gasteiger partial charge in [-0.2, -0.15) is 0 Å². The molecule has 11 heteroatoms. The summed E-state index contributed by atoms with van der Waals surface area (Å²) >= 11 is 0. The van der Waals surface area contributed by atoms with Gasteiger partial charge in [0.15, 0.2) is 18.1 Å². The first-order valence-corrected chi connectivity index (χ1v) is 14.3. The average molecular weight is 561 g/mol. The average Bonchev–Trinajstić information content (AvgIpc) is 2.97.